The van der Waals surface area contributed by atoms with E-state index in [9.17, 15) is 13.2 Å². The summed E-state index contributed by atoms with van der Waals surface area (Å²) in [6.07, 6.45) is 6.74. The lowest BCUT2D eigenvalue weighted by Crippen LogP contribution is -2.06. The molecule has 8 heteroatoms. The average Bonchev–Trinajstić information content (AvgIpc) is 2.99. The van der Waals surface area contributed by atoms with Crippen molar-refractivity contribution in [3.63, 3.8) is 0 Å². The van der Waals surface area contributed by atoms with Crippen LogP contribution in [0.4, 0.5) is 24.7 Å². The van der Waals surface area contributed by atoms with Crippen molar-refractivity contribution in [2.24, 2.45) is 7.05 Å². The molecule has 5 nitrogen and oxygen atoms in total. The van der Waals surface area contributed by atoms with E-state index in [-0.39, 0.29) is 36.0 Å². The zero-order valence-corrected chi connectivity index (χ0v) is 17.0. The minimum Gasteiger partial charge on any atom is -0.489 e. The van der Waals surface area contributed by atoms with E-state index in [1.807, 2.05) is 0 Å². The number of hydrogen-bond acceptors (Lipinski definition) is 4. The minimum atomic E-state index is -0.898. The first kappa shape index (κ1) is 21.8. The van der Waals surface area contributed by atoms with Gasteiger partial charge in [-0.1, -0.05) is 18.6 Å². The van der Waals surface area contributed by atoms with Crippen LogP contribution in [0, 0.1) is 36.7 Å². The Morgan fingerprint density at radius 2 is 1.97 bits per heavy atom. The Morgan fingerprint density at radius 3 is 2.65 bits per heavy atom. The van der Waals surface area contributed by atoms with Crippen molar-refractivity contribution in [3.05, 3.63) is 66.1 Å². The van der Waals surface area contributed by atoms with Gasteiger partial charge in [-0.3, -0.25) is 4.68 Å². The van der Waals surface area contributed by atoms with E-state index in [4.69, 9.17) is 15.9 Å². The van der Waals surface area contributed by atoms with E-state index in [0.29, 0.717) is 23.1 Å². The van der Waals surface area contributed by atoms with Crippen LogP contribution in [-0.4, -0.2) is 23.0 Å². The number of hydrogen-bond donors (Lipinski definition) is 1. The Labute approximate surface area is 178 Å². The van der Waals surface area contributed by atoms with Gasteiger partial charge in [0, 0.05) is 30.8 Å². The molecule has 3 rings (SSSR count). The Balaban J connectivity index is 2.07. The van der Waals surface area contributed by atoms with Gasteiger partial charge in [0.25, 0.3) is 0 Å². The minimum absolute atomic E-state index is 0.117. The van der Waals surface area contributed by atoms with Gasteiger partial charge in [-0.15, -0.1) is 6.42 Å². The molecule has 160 valence electrons. The molecule has 0 saturated carbocycles. The van der Waals surface area contributed by atoms with E-state index in [0.717, 1.165) is 6.07 Å². The summed E-state index contributed by atoms with van der Waals surface area (Å²) in [7, 11) is 1.61. The second-order valence-electron chi connectivity index (χ2n) is 6.55. The number of anilines is 2. The first-order valence-corrected chi connectivity index (χ1v) is 9.25. The molecule has 31 heavy (non-hydrogen) atoms. The summed E-state index contributed by atoms with van der Waals surface area (Å²) in [4.78, 5) is 0. The van der Waals surface area contributed by atoms with Crippen LogP contribution < -0.4 is 14.8 Å². The molecule has 0 aliphatic carbocycles. The van der Waals surface area contributed by atoms with E-state index < -0.39 is 17.5 Å². The second-order valence-corrected chi connectivity index (χ2v) is 6.55. The van der Waals surface area contributed by atoms with E-state index >= 15 is 0 Å². The van der Waals surface area contributed by atoms with Crippen molar-refractivity contribution >= 4 is 11.5 Å². The number of aryl methyl sites for hydroxylation is 2. The second kappa shape index (κ2) is 9.30. The van der Waals surface area contributed by atoms with Crippen LogP contribution in [0.15, 0.2) is 43.0 Å². The van der Waals surface area contributed by atoms with Crippen LogP contribution in [0.5, 0.6) is 11.5 Å². The predicted octanol–water partition coefficient (Wildman–Crippen LogP) is 5.13. The zero-order chi connectivity index (χ0) is 22.5. The molecule has 0 amide bonds. The third-order valence-electron chi connectivity index (χ3n) is 4.37. The molecule has 0 aliphatic heterocycles. The smallest absolute Gasteiger partial charge is 0.153 e. The molecular weight excluding hydrogens is 407 g/mol. The molecular formula is C23H20F3N3O2. The Kier molecular flexibility index (Phi) is 6.55. The highest BCUT2D eigenvalue weighted by molar-refractivity contribution is 5.82. The molecule has 0 spiro atoms. The van der Waals surface area contributed by atoms with Crippen LogP contribution in [0.2, 0.25) is 0 Å². The Morgan fingerprint density at radius 1 is 1.19 bits per heavy atom. The van der Waals surface area contributed by atoms with Gasteiger partial charge in [0.1, 0.15) is 47.9 Å². The highest BCUT2D eigenvalue weighted by Crippen LogP contribution is 2.39. The van der Waals surface area contributed by atoms with E-state index in [1.54, 1.807) is 32.2 Å². The van der Waals surface area contributed by atoms with Gasteiger partial charge in [-0.2, -0.15) is 5.10 Å². The average molecular weight is 427 g/mol. The van der Waals surface area contributed by atoms with Crippen molar-refractivity contribution in [1.82, 2.24) is 9.78 Å². The third kappa shape index (κ3) is 4.67. The van der Waals surface area contributed by atoms with Gasteiger partial charge in [0.2, 0.25) is 0 Å². The number of terminal acetylenes is 1. The van der Waals surface area contributed by atoms with Gasteiger partial charge < -0.3 is 14.8 Å². The number of nitrogens with zero attached hydrogens (tertiary/aromatic N) is 2. The van der Waals surface area contributed by atoms with Gasteiger partial charge in [-0.25, -0.2) is 13.2 Å². The number of ether oxygens (including phenoxy) is 2. The quantitative estimate of drug-likeness (QED) is 0.400. The fourth-order valence-corrected chi connectivity index (χ4v) is 3.09. The van der Waals surface area contributed by atoms with Gasteiger partial charge in [0.15, 0.2) is 5.82 Å². The maximum absolute atomic E-state index is 14.9. The summed E-state index contributed by atoms with van der Waals surface area (Å²) in [6, 6.07) is 6.12. The van der Waals surface area contributed by atoms with Crippen molar-refractivity contribution < 1.29 is 22.6 Å². The summed E-state index contributed by atoms with van der Waals surface area (Å²) in [6.45, 7) is 5.30. The lowest BCUT2D eigenvalue weighted by atomic mass is 10.0. The van der Waals surface area contributed by atoms with Crippen LogP contribution in [-0.2, 0) is 7.05 Å². The summed E-state index contributed by atoms with van der Waals surface area (Å²) in [5, 5.41) is 7.17. The summed E-state index contributed by atoms with van der Waals surface area (Å²) in [5.41, 5.74) is 0.985. The molecule has 0 atom stereocenters. The number of rotatable bonds is 8. The molecule has 0 radical (unpaired) electrons. The number of aromatic nitrogens is 2. The third-order valence-corrected chi connectivity index (χ3v) is 4.37. The molecule has 0 aliphatic rings. The standard InChI is InChI=1S/C23H20F3N3O2/c1-5-9-30-16-7-8-17(18(25)13-16)21-14(3)28-29(4)23(21)27-22-19(26)11-15(24)12-20(22)31-10-6-2/h2,5,7-8,11-13,27H,1,9-10H2,3-4H3. The largest absolute Gasteiger partial charge is 0.489 e. The number of nitrogens with one attached hydrogen (secondary N) is 1. The highest BCUT2D eigenvalue weighted by atomic mass is 19.1. The van der Waals surface area contributed by atoms with E-state index in [1.165, 1.54) is 10.7 Å². The maximum Gasteiger partial charge on any atom is 0.153 e. The van der Waals surface area contributed by atoms with Gasteiger partial charge in [0.05, 0.1) is 11.3 Å². The van der Waals surface area contributed by atoms with Crippen molar-refractivity contribution in [1.29, 1.82) is 0 Å². The highest BCUT2D eigenvalue weighted by Gasteiger charge is 2.22. The topological polar surface area (TPSA) is 48.3 Å². The molecule has 2 aromatic carbocycles. The van der Waals surface area contributed by atoms with Crippen LogP contribution in [0.25, 0.3) is 11.1 Å². The van der Waals surface area contributed by atoms with Crippen molar-refractivity contribution in [3.8, 4) is 35.0 Å². The summed E-state index contributed by atoms with van der Waals surface area (Å²) >= 11 is 0. The fourth-order valence-electron chi connectivity index (χ4n) is 3.09. The number of benzene rings is 2. The summed E-state index contributed by atoms with van der Waals surface area (Å²) in [5.74, 6) is 0.482. The fraction of sp³-hybridized carbons (Fsp3) is 0.174. The zero-order valence-electron chi connectivity index (χ0n) is 17.0. The lowest BCUT2D eigenvalue weighted by Gasteiger charge is -2.15. The van der Waals surface area contributed by atoms with Crippen LogP contribution in [0.3, 0.4) is 0 Å². The van der Waals surface area contributed by atoms with Crippen LogP contribution >= 0.6 is 0 Å². The van der Waals surface area contributed by atoms with Gasteiger partial charge in [-0.05, 0) is 19.1 Å². The number of halogens is 3. The molecule has 0 fully saturated rings. The normalized spacial score (nSPS) is 10.5. The summed E-state index contributed by atoms with van der Waals surface area (Å²) < 4.78 is 55.3. The van der Waals surface area contributed by atoms with Crippen molar-refractivity contribution in [2.45, 2.75) is 6.92 Å². The first-order chi connectivity index (χ1) is 14.8. The lowest BCUT2D eigenvalue weighted by molar-refractivity contribution is 0.361. The SMILES string of the molecule is C#CCOc1cc(F)cc(F)c1Nc1c(-c2ccc(OCC=C)cc2F)c(C)nn1C. The van der Waals surface area contributed by atoms with Crippen LogP contribution in [0.1, 0.15) is 5.69 Å². The monoisotopic (exact) mass is 427 g/mol. The Bertz CT molecular complexity index is 1170. The molecule has 0 bridgehead atoms. The maximum atomic E-state index is 14.9. The molecule has 3 aromatic rings. The molecule has 1 aromatic heterocycles. The van der Waals surface area contributed by atoms with E-state index in [2.05, 4.69) is 22.9 Å². The molecule has 1 N–H and O–H groups in total. The molecule has 0 unspecified atom stereocenters. The van der Waals surface area contributed by atoms with Gasteiger partial charge >= 0.3 is 0 Å². The molecule has 1 heterocycles. The Hall–Kier alpha value is -3.86. The van der Waals surface area contributed by atoms with Crippen molar-refractivity contribution in [2.75, 3.05) is 18.5 Å². The first-order valence-electron chi connectivity index (χ1n) is 9.25. The molecule has 0 saturated heterocycles. The predicted molar refractivity (Wildman–Crippen MR) is 113 cm³/mol.